The number of benzene rings is 1. The summed E-state index contributed by atoms with van der Waals surface area (Å²) < 4.78 is 15.9. The first kappa shape index (κ1) is 17.2. The Balaban J connectivity index is 1.54. The molecule has 130 valence electrons. The molecular formula is C18H18N2O4S. The molecule has 2 aromatic heterocycles. The van der Waals surface area contributed by atoms with Crippen molar-refractivity contribution in [2.24, 2.45) is 5.92 Å². The van der Waals surface area contributed by atoms with E-state index in [-0.39, 0.29) is 12.5 Å². The van der Waals surface area contributed by atoms with Crippen molar-refractivity contribution < 1.29 is 18.8 Å². The average molecular weight is 358 g/mol. The van der Waals surface area contributed by atoms with Crippen LogP contribution in [-0.4, -0.2) is 22.7 Å². The third kappa shape index (κ3) is 4.67. The number of carbonyl (C=O) groups is 1. The summed E-state index contributed by atoms with van der Waals surface area (Å²) in [5, 5.41) is 5.80. The van der Waals surface area contributed by atoms with Crippen LogP contribution >= 0.6 is 11.3 Å². The van der Waals surface area contributed by atoms with E-state index in [1.165, 1.54) is 11.3 Å². The molecular weight excluding hydrogens is 340 g/mol. The molecule has 0 spiro atoms. The SMILES string of the molecule is CC(C)COc1ccc(C(=O)OCc2nc(-c3cccs3)no2)cc1. The highest BCUT2D eigenvalue weighted by Gasteiger charge is 2.13. The van der Waals surface area contributed by atoms with E-state index in [4.69, 9.17) is 14.0 Å². The van der Waals surface area contributed by atoms with Gasteiger partial charge in [-0.2, -0.15) is 4.98 Å². The first-order valence-corrected chi connectivity index (χ1v) is 8.76. The maximum atomic E-state index is 12.1. The van der Waals surface area contributed by atoms with Crippen LogP contribution in [0.5, 0.6) is 5.75 Å². The number of esters is 1. The Labute approximate surface area is 149 Å². The van der Waals surface area contributed by atoms with Crippen LogP contribution in [0.25, 0.3) is 10.7 Å². The minimum atomic E-state index is -0.453. The molecule has 0 aliphatic carbocycles. The van der Waals surface area contributed by atoms with Gasteiger partial charge in [0.05, 0.1) is 17.0 Å². The number of hydrogen-bond donors (Lipinski definition) is 0. The highest BCUT2D eigenvalue weighted by atomic mass is 32.1. The maximum absolute atomic E-state index is 12.1. The summed E-state index contributed by atoms with van der Waals surface area (Å²) in [6, 6.07) is 10.6. The Kier molecular flexibility index (Phi) is 5.45. The summed E-state index contributed by atoms with van der Waals surface area (Å²) in [5.74, 6) is 1.47. The molecule has 25 heavy (non-hydrogen) atoms. The summed E-state index contributed by atoms with van der Waals surface area (Å²) in [5.41, 5.74) is 0.440. The fraction of sp³-hybridized carbons (Fsp3) is 0.278. The zero-order valence-electron chi connectivity index (χ0n) is 14.0. The molecule has 0 N–H and O–H groups in total. The van der Waals surface area contributed by atoms with Crippen molar-refractivity contribution >= 4 is 17.3 Å². The lowest BCUT2D eigenvalue weighted by molar-refractivity contribution is 0.0430. The fourth-order valence-electron chi connectivity index (χ4n) is 1.98. The Hall–Kier alpha value is -2.67. The van der Waals surface area contributed by atoms with Crippen LogP contribution < -0.4 is 4.74 Å². The summed E-state index contributed by atoms with van der Waals surface area (Å²) in [4.78, 5) is 17.2. The van der Waals surface area contributed by atoms with Gasteiger partial charge in [0, 0.05) is 0 Å². The van der Waals surface area contributed by atoms with E-state index in [0.717, 1.165) is 10.6 Å². The molecule has 3 aromatic rings. The molecule has 0 fully saturated rings. The van der Waals surface area contributed by atoms with Crippen molar-refractivity contribution in [1.82, 2.24) is 10.1 Å². The molecule has 0 atom stereocenters. The zero-order chi connectivity index (χ0) is 17.6. The summed E-state index contributed by atoms with van der Waals surface area (Å²) in [7, 11) is 0. The van der Waals surface area contributed by atoms with Gasteiger partial charge in [0.2, 0.25) is 5.82 Å². The Morgan fingerprint density at radius 3 is 2.72 bits per heavy atom. The van der Waals surface area contributed by atoms with Gasteiger partial charge in [0.15, 0.2) is 6.61 Å². The highest BCUT2D eigenvalue weighted by Crippen LogP contribution is 2.21. The number of carbonyl (C=O) groups excluding carboxylic acids is 1. The monoisotopic (exact) mass is 358 g/mol. The molecule has 2 heterocycles. The van der Waals surface area contributed by atoms with Gasteiger partial charge in [-0.25, -0.2) is 4.79 Å². The predicted octanol–water partition coefficient (Wildman–Crippen LogP) is 4.19. The molecule has 0 saturated heterocycles. The van der Waals surface area contributed by atoms with Gasteiger partial charge < -0.3 is 14.0 Å². The topological polar surface area (TPSA) is 74.5 Å². The van der Waals surface area contributed by atoms with Gasteiger partial charge in [-0.05, 0) is 41.6 Å². The average Bonchev–Trinajstić information content (AvgIpc) is 3.29. The zero-order valence-corrected chi connectivity index (χ0v) is 14.8. The lowest BCUT2D eigenvalue weighted by atomic mass is 10.2. The highest BCUT2D eigenvalue weighted by molar-refractivity contribution is 7.13. The smallest absolute Gasteiger partial charge is 0.338 e. The summed E-state index contributed by atoms with van der Waals surface area (Å²) in [6.45, 7) is 4.72. The standard InChI is InChI=1S/C18H18N2O4S/c1-12(2)10-22-14-7-5-13(6-8-14)18(21)23-11-16-19-17(20-24-16)15-4-3-9-25-15/h3-9,12H,10-11H2,1-2H3. The first-order chi connectivity index (χ1) is 12.1. The molecule has 3 rings (SSSR count). The molecule has 0 amide bonds. The van der Waals surface area contributed by atoms with Gasteiger partial charge >= 0.3 is 5.97 Å². The molecule has 0 radical (unpaired) electrons. The van der Waals surface area contributed by atoms with Crippen LogP contribution in [0, 0.1) is 5.92 Å². The second kappa shape index (κ2) is 7.94. The lowest BCUT2D eigenvalue weighted by Crippen LogP contribution is -2.07. The van der Waals surface area contributed by atoms with E-state index >= 15 is 0 Å². The van der Waals surface area contributed by atoms with Crippen molar-refractivity contribution in [3.05, 3.63) is 53.2 Å². The summed E-state index contributed by atoms with van der Waals surface area (Å²) >= 11 is 1.51. The third-order valence-electron chi connectivity index (χ3n) is 3.21. The van der Waals surface area contributed by atoms with Crippen LogP contribution in [0.4, 0.5) is 0 Å². The first-order valence-electron chi connectivity index (χ1n) is 7.88. The van der Waals surface area contributed by atoms with Crippen molar-refractivity contribution in [2.45, 2.75) is 20.5 Å². The van der Waals surface area contributed by atoms with Gasteiger partial charge in [0.25, 0.3) is 5.89 Å². The second-order valence-corrected chi connectivity index (χ2v) is 6.74. The van der Waals surface area contributed by atoms with Crippen LogP contribution in [0.3, 0.4) is 0 Å². The molecule has 6 nitrogen and oxygen atoms in total. The van der Waals surface area contributed by atoms with Crippen molar-refractivity contribution in [3.8, 4) is 16.5 Å². The minimum Gasteiger partial charge on any atom is -0.493 e. The van der Waals surface area contributed by atoms with Crippen LogP contribution in [0.1, 0.15) is 30.1 Å². The van der Waals surface area contributed by atoms with Gasteiger partial charge in [-0.15, -0.1) is 11.3 Å². The molecule has 0 aliphatic rings. The number of nitrogens with zero attached hydrogens (tertiary/aromatic N) is 2. The van der Waals surface area contributed by atoms with Gasteiger partial charge in [-0.3, -0.25) is 0 Å². The van der Waals surface area contributed by atoms with Crippen molar-refractivity contribution in [1.29, 1.82) is 0 Å². The van der Waals surface area contributed by atoms with E-state index in [2.05, 4.69) is 24.0 Å². The number of aromatic nitrogens is 2. The Morgan fingerprint density at radius 1 is 1.24 bits per heavy atom. The summed E-state index contributed by atoms with van der Waals surface area (Å²) in [6.07, 6.45) is 0. The van der Waals surface area contributed by atoms with Crippen LogP contribution in [0.2, 0.25) is 0 Å². The minimum absolute atomic E-state index is 0.0667. The van der Waals surface area contributed by atoms with Crippen molar-refractivity contribution in [3.63, 3.8) is 0 Å². The number of rotatable bonds is 7. The van der Waals surface area contributed by atoms with Crippen LogP contribution in [-0.2, 0) is 11.3 Å². The molecule has 0 unspecified atom stereocenters. The van der Waals surface area contributed by atoms with E-state index in [1.54, 1.807) is 24.3 Å². The second-order valence-electron chi connectivity index (χ2n) is 5.79. The maximum Gasteiger partial charge on any atom is 0.338 e. The molecule has 0 bridgehead atoms. The Morgan fingerprint density at radius 2 is 2.04 bits per heavy atom. The van der Waals surface area contributed by atoms with E-state index in [1.807, 2.05) is 17.5 Å². The quantitative estimate of drug-likeness (QED) is 0.590. The van der Waals surface area contributed by atoms with E-state index < -0.39 is 5.97 Å². The molecule has 0 aliphatic heterocycles. The van der Waals surface area contributed by atoms with Gasteiger partial charge in [-0.1, -0.05) is 25.1 Å². The number of ether oxygens (including phenoxy) is 2. The molecule has 7 heteroatoms. The molecule has 1 aromatic carbocycles. The molecule has 0 saturated carbocycles. The lowest BCUT2D eigenvalue weighted by Gasteiger charge is -2.09. The third-order valence-corrected chi connectivity index (χ3v) is 4.08. The largest absolute Gasteiger partial charge is 0.493 e. The van der Waals surface area contributed by atoms with E-state index in [0.29, 0.717) is 23.9 Å². The van der Waals surface area contributed by atoms with Crippen LogP contribution in [0.15, 0.2) is 46.3 Å². The predicted molar refractivity (Wildman–Crippen MR) is 93.5 cm³/mol. The normalized spacial score (nSPS) is 10.8. The van der Waals surface area contributed by atoms with Crippen molar-refractivity contribution in [2.75, 3.05) is 6.61 Å². The Bertz CT molecular complexity index is 810. The van der Waals surface area contributed by atoms with E-state index in [9.17, 15) is 4.79 Å². The van der Waals surface area contributed by atoms with Gasteiger partial charge in [0.1, 0.15) is 5.75 Å². The number of thiophene rings is 1. The number of hydrogen-bond acceptors (Lipinski definition) is 7. The fourth-order valence-corrected chi connectivity index (χ4v) is 2.63.